The van der Waals surface area contributed by atoms with E-state index in [-0.39, 0.29) is 5.02 Å². The number of hydrogen-bond acceptors (Lipinski definition) is 5. The summed E-state index contributed by atoms with van der Waals surface area (Å²) < 4.78 is 5.49. The molecule has 22 heavy (non-hydrogen) atoms. The largest absolute Gasteiger partial charge is 0.492 e. The van der Waals surface area contributed by atoms with E-state index in [1.54, 1.807) is 18.3 Å². The van der Waals surface area contributed by atoms with Gasteiger partial charge >= 0.3 is 0 Å². The lowest BCUT2D eigenvalue weighted by molar-refractivity contribution is 0.317. The van der Waals surface area contributed by atoms with Crippen molar-refractivity contribution in [1.82, 2.24) is 10.2 Å². The zero-order valence-electron chi connectivity index (χ0n) is 11.8. The van der Waals surface area contributed by atoms with Gasteiger partial charge in [0.05, 0.1) is 24.0 Å². The number of nitrogens with zero attached hydrogens (tertiary/aromatic N) is 2. The molecule has 0 aliphatic heterocycles. The van der Waals surface area contributed by atoms with Gasteiger partial charge < -0.3 is 4.74 Å². The van der Waals surface area contributed by atoms with Gasteiger partial charge in [-0.1, -0.05) is 30.1 Å². The zero-order chi connectivity index (χ0) is 15.9. The highest BCUT2D eigenvalue weighted by atomic mass is 35.5. The molecule has 0 fully saturated rings. The number of hydrogen-bond donors (Lipinski definition) is 2. The monoisotopic (exact) mass is 340 g/mol. The summed E-state index contributed by atoms with van der Waals surface area (Å²) in [4.78, 5) is 11.3. The fourth-order valence-corrected chi connectivity index (χ4v) is 1.94. The number of halogens is 2. The van der Waals surface area contributed by atoms with E-state index in [1.807, 2.05) is 13.0 Å². The van der Waals surface area contributed by atoms with Crippen molar-refractivity contribution in [2.75, 3.05) is 12.0 Å². The second-order valence-corrected chi connectivity index (χ2v) is 5.12. The molecule has 2 N–H and O–H groups in total. The third kappa shape index (κ3) is 4.22. The first-order valence-electron chi connectivity index (χ1n) is 6.56. The van der Waals surface area contributed by atoms with Crippen LogP contribution in [0.1, 0.15) is 18.9 Å². The summed E-state index contributed by atoms with van der Waals surface area (Å²) in [5.41, 5.74) is 3.26. The van der Waals surface area contributed by atoms with Gasteiger partial charge in [-0.25, -0.2) is 5.10 Å². The molecule has 0 aliphatic rings. The zero-order valence-corrected chi connectivity index (χ0v) is 13.3. The van der Waals surface area contributed by atoms with E-state index in [0.717, 1.165) is 12.0 Å². The van der Waals surface area contributed by atoms with Crippen molar-refractivity contribution in [2.24, 2.45) is 5.10 Å². The van der Waals surface area contributed by atoms with Gasteiger partial charge in [-0.3, -0.25) is 10.2 Å². The first-order valence-corrected chi connectivity index (χ1v) is 7.32. The molecular formula is C14H14Cl2N4O2. The molecule has 1 aromatic heterocycles. The number of H-pyrrole nitrogens is 1. The molecule has 0 radical (unpaired) electrons. The lowest BCUT2D eigenvalue weighted by Gasteiger charge is -2.07. The average Bonchev–Trinajstić information content (AvgIpc) is 2.51. The van der Waals surface area contributed by atoms with Crippen molar-refractivity contribution in [3.05, 3.63) is 50.4 Å². The maximum absolute atomic E-state index is 11.3. The summed E-state index contributed by atoms with van der Waals surface area (Å²) in [6.45, 7) is 2.64. The molecule has 0 unspecified atom stereocenters. The predicted molar refractivity (Wildman–Crippen MR) is 88.3 cm³/mol. The van der Waals surface area contributed by atoms with E-state index in [1.165, 1.54) is 6.20 Å². The molecule has 2 aromatic rings. The Morgan fingerprint density at radius 2 is 2.27 bits per heavy atom. The lowest BCUT2D eigenvalue weighted by Crippen LogP contribution is -2.10. The van der Waals surface area contributed by atoms with E-state index in [9.17, 15) is 4.79 Å². The maximum atomic E-state index is 11.3. The van der Waals surface area contributed by atoms with E-state index in [4.69, 9.17) is 27.9 Å². The van der Waals surface area contributed by atoms with Crippen LogP contribution >= 0.6 is 23.2 Å². The van der Waals surface area contributed by atoms with Crippen LogP contribution in [0.4, 0.5) is 5.69 Å². The SMILES string of the molecule is CCCOc1ccc(/C=N\Nc2cn[nH]c(=O)c2Cl)cc1Cl. The minimum Gasteiger partial charge on any atom is -0.492 e. The van der Waals surface area contributed by atoms with Crippen molar-refractivity contribution < 1.29 is 4.74 Å². The van der Waals surface area contributed by atoms with E-state index in [2.05, 4.69) is 20.7 Å². The second kappa shape index (κ2) is 7.82. The van der Waals surface area contributed by atoms with Gasteiger partial charge in [0, 0.05) is 0 Å². The molecule has 6 nitrogen and oxygen atoms in total. The van der Waals surface area contributed by atoms with Gasteiger partial charge in [0.25, 0.3) is 5.56 Å². The Morgan fingerprint density at radius 1 is 1.45 bits per heavy atom. The Labute approximate surface area is 137 Å². The lowest BCUT2D eigenvalue weighted by atomic mass is 10.2. The quantitative estimate of drug-likeness (QED) is 0.624. The molecule has 0 aliphatic carbocycles. The minimum atomic E-state index is -0.484. The number of anilines is 1. The first-order chi connectivity index (χ1) is 10.6. The average molecular weight is 341 g/mol. The number of nitrogens with one attached hydrogen (secondary N) is 2. The van der Waals surface area contributed by atoms with Crippen LogP contribution in [-0.4, -0.2) is 23.0 Å². The Kier molecular flexibility index (Phi) is 5.80. The van der Waals surface area contributed by atoms with Crippen molar-refractivity contribution in [3.8, 4) is 5.75 Å². The van der Waals surface area contributed by atoms with Crippen molar-refractivity contribution in [2.45, 2.75) is 13.3 Å². The summed E-state index contributed by atoms with van der Waals surface area (Å²) in [5, 5.41) is 10.3. The van der Waals surface area contributed by atoms with Gasteiger partial charge in [0.15, 0.2) is 0 Å². The topological polar surface area (TPSA) is 79.4 Å². The van der Waals surface area contributed by atoms with Gasteiger partial charge in [-0.05, 0) is 30.2 Å². The summed E-state index contributed by atoms with van der Waals surface area (Å²) in [6, 6.07) is 5.33. The fraction of sp³-hybridized carbons (Fsp3) is 0.214. The normalized spacial score (nSPS) is 10.9. The number of aromatic nitrogens is 2. The highest BCUT2D eigenvalue weighted by Crippen LogP contribution is 2.25. The van der Waals surface area contributed by atoms with Crippen molar-refractivity contribution in [1.29, 1.82) is 0 Å². The smallest absolute Gasteiger partial charge is 0.285 e. The Hall–Kier alpha value is -2.05. The third-order valence-corrected chi connectivity index (χ3v) is 3.28. The Morgan fingerprint density at radius 3 is 3.00 bits per heavy atom. The third-order valence-electron chi connectivity index (χ3n) is 2.61. The maximum Gasteiger partial charge on any atom is 0.285 e. The fourth-order valence-electron chi connectivity index (χ4n) is 1.56. The highest BCUT2D eigenvalue weighted by Gasteiger charge is 2.04. The number of benzene rings is 1. The van der Waals surface area contributed by atoms with Crippen LogP contribution in [0.25, 0.3) is 0 Å². The molecule has 0 spiro atoms. The van der Waals surface area contributed by atoms with Crippen LogP contribution in [0.2, 0.25) is 10.0 Å². The summed E-state index contributed by atoms with van der Waals surface area (Å²) in [7, 11) is 0. The highest BCUT2D eigenvalue weighted by molar-refractivity contribution is 6.33. The number of hydrazone groups is 1. The molecule has 0 saturated carbocycles. The van der Waals surface area contributed by atoms with Gasteiger partial charge in [0.1, 0.15) is 16.5 Å². The van der Waals surface area contributed by atoms with Crippen LogP contribution in [0.5, 0.6) is 5.75 Å². The molecule has 8 heteroatoms. The number of rotatable bonds is 6. The Bertz CT molecular complexity index is 731. The predicted octanol–water partition coefficient (Wildman–Crippen LogP) is 3.31. The Balaban J connectivity index is 2.05. The van der Waals surface area contributed by atoms with E-state index >= 15 is 0 Å². The molecule has 0 atom stereocenters. The summed E-state index contributed by atoms with van der Waals surface area (Å²) >= 11 is 11.9. The number of ether oxygens (including phenoxy) is 1. The molecule has 0 saturated heterocycles. The molecule has 2 rings (SSSR count). The van der Waals surface area contributed by atoms with Crippen molar-refractivity contribution >= 4 is 35.1 Å². The van der Waals surface area contributed by atoms with Crippen molar-refractivity contribution in [3.63, 3.8) is 0 Å². The van der Waals surface area contributed by atoms with Gasteiger partial charge in [-0.2, -0.15) is 10.2 Å². The minimum absolute atomic E-state index is 0.00602. The molecule has 116 valence electrons. The summed E-state index contributed by atoms with van der Waals surface area (Å²) in [6.07, 6.45) is 3.83. The molecular weight excluding hydrogens is 327 g/mol. The molecule has 1 heterocycles. The molecule has 0 amide bonds. The van der Waals surface area contributed by atoms with Crippen LogP contribution in [0, 0.1) is 0 Å². The van der Waals surface area contributed by atoms with Gasteiger partial charge in [0.2, 0.25) is 0 Å². The van der Waals surface area contributed by atoms with Crippen LogP contribution in [-0.2, 0) is 0 Å². The van der Waals surface area contributed by atoms with Gasteiger partial charge in [-0.15, -0.1) is 0 Å². The molecule has 0 bridgehead atoms. The molecule has 1 aromatic carbocycles. The summed E-state index contributed by atoms with van der Waals surface area (Å²) in [5.74, 6) is 0.635. The van der Waals surface area contributed by atoms with Crippen LogP contribution < -0.4 is 15.7 Å². The first kappa shape index (κ1) is 16.3. The van der Waals surface area contributed by atoms with E-state index < -0.39 is 5.56 Å². The number of aromatic amines is 1. The van der Waals surface area contributed by atoms with Crippen LogP contribution in [0.15, 0.2) is 34.3 Å². The van der Waals surface area contributed by atoms with Crippen LogP contribution in [0.3, 0.4) is 0 Å². The second-order valence-electron chi connectivity index (χ2n) is 4.34. The van der Waals surface area contributed by atoms with E-state index in [0.29, 0.717) is 23.1 Å². The standard InChI is InChI=1S/C14H14Cl2N4O2/c1-2-5-22-12-4-3-9(6-10(12)15)7-17-19-11-8-18-20-14(21)13(11)16/h3-4,6-8H,2,5H2,1H3,(H2,19,20,21)/b17-7-.